The third-order valence-corrected chi connectivity index (χ3v) is 6.32. The molecule has 0 amide bonds. The van der Waals surface area contributed by atoms with Gasteiger partial charge < -0.3 is 9.84 Å². The van der Waals surface area contributed by atoms with Crippen LogP contribution < -0.4 is 9.30 Å². The molecule has 0 spiro atoms. The summed E-state index contributed by atoms with van der Waals surface area (Å²) in [5.74, 6) is 1.86. The monoisotopic (exact) mass is 406 g/mol. The summed E-state index contributed by atoms with van der Waals surface area (Å²) in [4.78, 5) is 13.3. The van der Waals surface area contributed by atoms with E-state index < -0.39 is 5.60 Å². The summed E-state index contributed by atoms with van der Waals surface area (Å²) in [5.41, 5.74) is 3.61. The molecule has 30 heavy (non-hydrogen) atoms. The van der Waals surface area contributed by atoms with E-state index in [0.717, 1.165) is 39.5 Å². The molecule has 0 radical (unpaired) electrons. The number of phenolic OH excluding ortho intramolecular Hbond substituents is 1. The Kier molecular flexibility index (Phi) is 4.88. The minimum absolute atomic E-state index is 0.0151. The van der Waals surface area contributed by atoms with Gasteiger partial charge in [-0.2, -0.15) is 0 Å². The molecule has 3 aromatic rings. The van der Waals surface area contributed by atoms with Crippen molar-refractivity contribution in [3.8, 4) is 17.2 Å². The van der Waals surface area contributed by atoms with Crippen molar-refractivity contribution in [1.82, 2.24) is 9.78 Å². The summed E-state index contributed by atoms with van der Waals surface area (Å²) in [6, 6.07) is 9.93. The number of carbonyl (C=O) groups is 1. The maximum absolute atomic E-state index is 13.3. The van der Waals surface area contributed by atoms with Crippen molar-refractivity contribution in [2.45, 2.75) is 59.6 Å². The number of hydrogen-bond donors (Lipinski definition) is 1. The van der Waals surface area contributed by atoms with E-state index in [1.54, 1.807) is 4.68 Å². The highest BCUT2D eigenvalue weighted by Gasteiger charge is 2.41. The number of aryl methyl sites for hydroxylation is 1. The van der Waals surface area contributed by atoms with Crippen LogP contribution in [0.2, 0.25) is 0 Å². The van der Waals surface area contributed by atoms with Gasteiger partial charge in [0.2, 0.25) is 12.1 Å². The van der Waals surface area contributed by atoms with Crippen molar-refractivity contribution < 1.29 is 19.2 Å². The number of aromatic nitrogens is 3. The van der Waals surface area contributed by atoms with E-state index >= 15 is 0 Å². The average Bonchev–Trinajstić information content (AvgIpc) is 3.11. The molecular weight excluding hydrogens is 378 g/mol. The largest absolute Gasteiger partial charge is 0.507 e. The summed E-state index contributed by atoms with van der Waals surface area (Å²) >= 11 is 0. The summed E-state index contributed by atoms with van der Waals surface area (Å²) in [7, 11) is 0. The molecule has 1 unspecified atom stereocenters. The van der Waals surface area contributed by atoms with Crippen LogP contribution in [0.3, 0.4) is 0 Å². The van der Waals surface area contributed by atoms with Gasteiger partial charge in [-0.05, 0) is 69.4 Å². The molecule has 1 aliphatic heterocycles. The normalized spacial score (nSPS) is 18.0. The highest BCUT2D eigenvalue weighted by molar-refractivity contribution is 5.87. The highest BCUT2D eigenvalue weighted by Crippen LogP contribution is 2.43. The van der Waals surface area contributed by atoms with Gasteiger partial charge in [-0.3, -0.25) is 4.79 Å². The number of ketones is 1. The number of ether oxygens (including phenoxy) is 1. The molecule has 4 rings (SSSR count). The number of Topliss-reactive ketones (excluding diaryl/α,β-unsaturated/α-hetero) is 1. The van der Waals surface area contributed by atoms with Gasteiger partial charge in [-0.25, -0.2) is 4.57 Å². The first-order valence-electron chi connectivity index (χ1n) is 10.3. The average molecular weight is 407 g/mol. The predicted molar refractivity (Wildman–Crippen MR) is 113 cm³/mol. The maximum Gasteiger partial charge on any atom is 0.279 e. The van der Waals surface area contributed by atoms with E-state index in [4.69, 9.17) is 4.74 Å². The Morgan fingerprint density at radius 1 is 1.17 bits per heavy atom. The van der Waals surface area contributed by atoms with Crippen LogP contribution in [0.1, 0.15) is 41.4 Å². The number of fused-ring (bicyclic) bond motifs is 1. The summed E-state index contributed by atoms with van der Waals surface area (Å²) in [6.07, 6.45) is 3.11. The quantitative estimate of drug-likeness (QED) is 0.674. The van der Waals surface area contributed by atoms with E-state index in [2.05, 4.69) is 5.10 Å². The lowest BCUT2D eigenvalue weighted by molar-refractivity contribution is -0.603. The minimum atomic E-state index is -0.926. The van der Waals surface area contributed by atoms with Crippen LogP contribution in [0.25, 0.3) is 5.69 Å². The molecule has 156 valence electrons. The van der Waals surface area contributed by atoms with E-state index in [1.807, 2.05) is 75.8 Å². The third kappa shape index (κ3) is 3.26. The first-order valence-corrected chi connectivity index (χ1v) is 10.3. The van der Waals surface area contributed by atoms with Crippen LogP contribution in [0, 0.1) is 27.7 Å². The van der Waals surface area contributed by atoms with Crippen LogP contribution in [-0.4, -0.2) is 26.3 Å². The van der Waals surface area contributed by atoms with Crippen molar-refractivity contribution in [3.05, 3.63) is 64.7 Å². The Morgan fingerprint density at radius 2 is 1.87 bits per heavy atom. The van der Waals surface area contributed by atoms with Crippen molar-refractivity contribution in [2.24, 2.45) is 0 Å². The van der Waals surface area contributed by atoms with Crippen LogP contribution in [0.4, 0.5) is 0 Å². The molecule has 0 bridgehead atoms. The smallest absolute Gasteiger partial charge is 0.279 e. The fourth-order valence-corrected chi connectivity index (χ4v) is 4.15. The topological polar surface area (TPSA) is 68.2 Å². The molecule has 0 saturated carbocycles. The van der Waals surface area contributed by atoms with Gasteiger partial charge in [-0.1, -0.05) is 18.2 Å². The molecule has 1 N–H and O–H groups in total. The zero-order chi connectivity index (χ0) is 21.6. The zero-order valence-electron chi connectivity index (χ0n) is 18.2. The Bertz CT molecular complexity index is 1130. The van der Waals surface area contributed by atoms with Gasteiger partial charge in [0.1, 0.15) is 17.2 Å². The lowest BCUT2D eigenvalue weighted by Crippen LogP contribution is -2.46. The molecule has 6 nitrogen and oxygen atoms in total. The Hall–Kier alpha value is -3.15. The van der Waals surface area contributed by atoms with E-state index in [1.165, 1.54) is 0 Å². The summed E-state index contributed by atoms with van der Waals surface area (Å²) < 4.78 is 9.95. The van der Waals surface area contributed by atoms with Gasteiger partial charge in [0.15, 0.2) is 12.1 Å². The van der Waals surface area contributed by atoms with Gasteiger partial charge in [0, 0.05) is 17.6 Å². The number of para-hydroxylation sites is 1. The Morgan fingerprint density at radius 3 is 2.57 bits per heavy atom. The molecule has 0 saturated heterocycles. The van der Waals surface area contributed by atoms with Crippen molar-refractivity contribution in [1.29, 1.82) is 0 Å². The summed E-state index contributed by atoms with van der Waals surface area (Å²) in [6.45, 7) is 9.64. The second-order valence-corrected chi connectivity index (χ2v) is 8.35. The van der Waals surface area contributed by atoms with E-state index in [-0.39, 0.29) is 12.3 Å². The van der Waals surface area contributed by atoms with Crippen LogP contribution in [0.15, 0.2) is 36.7 Å². The number of phenols is 1. The highest BCUT2D eigenvalue weighted by atomic mass is 16.5. The number of rotatable bonds is 4. The van der Waals surface area contributed by atoms with Gasteiger partial charge >= 0.3 is 0 Å². The second-order valence-electron chi connectivity index (χ2n) is 8.35. The number of benzene rings is 2. The first-order chi connectivity index (χ1) is 14.2. The summed E-state index contributed by atoms with van der Waals surface area (Å²) in [5, 5.41) is 14.9. The lowest BCUT2D eigenvalue weighted by atomic mass is 9.85. The number of hydrogen-bond acceptors (Lipinski definition) is 4. The molecule has 1 aliphatic rings. The molecule has 0 fully saturated rings. The molecule has 1 aromatic heterocycles. The molecule has 2 heterocycles. The Labute approximate surface area is 176 Å². The third-order valence-electron chi connectivity index (χ3n) is 6.32. The van der Waals surface area contributed by atoms with Crippen molar-refractivity contribution >= 4 is 5.78 Å². The number of carbonyl (C=O) groups excluding carboxylic acids is 1. The molecule has 1 atom stereocenters. The SMILES string of the molecule is Cc1c(C)c2c(c(C)c1O)CCC(C)(C(=O)Cn1c[n+](-c3ccccc3)c(C)n1)O2. The zero-order valence-corrected chi connectivity index (χ0v) is 18.2. The fourth-order valence-electron chi connectivity index (χ4n) is 4.15. The van der Waals surface area contributed by atoms with E-state index in [9.17, 15) is 9.90 Å². The lowest BCUT2D eigenvalue weighted by Gasteiger charge is -2.36. The number of nitrogens with zero attached hydrogens (tertiary/aromatic N) is 3. The number of aromatic hydroxyl groups is 1. The molecule has 2 aromatic carbocycles. The van der Waals surface area contributed by atoms with Crippen LogP contribution in [-0.2, 0) is 17.8 Å². The Balaban J connectivity index is 1.60. The van der Waals surface area contributed by atoms with Crippen LogP contribution >= 0.6 is 0 Å². The maximum atomic E-state index is 13.3. The first kappa shape index (κ1) is 20.1. The molecule has 0 aliphatic carbocycles. The van der Waals surface area contributed by atoms with Gasteiger partial charge in [-0.15, -0.1) is 4.68 Å². The van der Waals surface area contributed by atoms with Gasteiger partial charge in [0.05, 0.1) is 0 Å². The van der Waals surface area contributed by atoms with Gasteiger partial charge in [0.25, 0.3) is 5.82 Å². The van der Waals surface area contributed by atoms with Crippen molar-refractivity contribution in [2.75, 3.05) is 0 Å². The van der Waals surface area contributed by atoms with Crippen molar-refractivity contribution in [3.63, 3.8) is 0 Å². The second kappa shape index (κ2) is 7.27. The fraction of sp³-hybridized carbons (Fsp3) is 0.375. The standard InChI is InChI=1S/C24H27N3O3/c1-15-16(2)23-20(17(3)22(15)29)11-12-24(5,30-23)21(28)13-26-14-27(18(4)25-26)19-9-7-6-8-10-19/h6-10,14H,11-13H2,1-5H3/p+1. The van der Waals surface area contributed by atoms with Crippen LogP contribution in [0.5, 0.6) is 11.5 Å². The molecular formula is C24H28N3O3+. The minimum Gasteiger partial charge on any atom is -0.507 e. The molecule has 6 heteroatoms. The van der Waals surface area contributed by atoms with E-state index in [0.29, 0.717) is 18.6 Å². The predicted octanol–water partition coefficient (Wildman–Crippen LogP) is 3.45.